The van der Waals surface area contributed by atoms with Crippen molar-refractivity contribution >= 4 is 5.91 Å². The fourth-order valence-electron chi connectivity index (χ4n) is 0.878. The predicted octanol–water partition coefficient (Wildman–Crippen LogP) is -0.338. The van der Waals surface area contributed by atoms with Crippen molar-refractivity contribution in [3.63, 3.8) is 0 Å². The SMILES string of the molecule is CC(C)NC(=O)CNCCN(C)C. The molecule has 0 spiro atoms. The second kappa shape index (κ2) is 6.86. The second-order valence-corrected chi connectivity index (χ2v) is 3.70. The number of likely N-dealkylation sites (N-methyl/N-ethyl adjacent to an activating group) is 1. The van der Waals surface area contributed by atoms with Crippen LogP contribution in [0.3, 0.4) is 0 Å². The molecule has 0 rings (SSSR count). The van der Waals surface area contributed by atoms with E-state index in [1.165, 1.54) is 0 Å². The molecule has 2 N–H and O–H groups in total. The van der Waals surface area contributed by atoms with Gasteiger partial charge in [-0.1, -0.05) is 0 Å². The molecule has 13 heavy (non-hydrogen) atoms. The van der Waals surface area contributed by atoms with E-state index in [9.17, 15) is 4.79 Å². The van der Waals surface area contributed by atoms with Gasteiger partial charge in [0.15, 0.2) is 0 Å². The van der Waals surface area contributed by atoms with Crippen molar-refractivity contribution in [1.82, 2.24) is 15.5 Å². The molecule has 0 aromatic rings. The van der Waals surface area contributed by atoms with Crippen LogP contribution < -0.4 is 10.6 Å². The van der Waals surface area contributed by atoms with Gasteiger partial charge in [-0.05, 0) is 27.9 Å². The Balaban J connectivity index is 3.27. The number of rotatable bonds is 6. The lowest BCUT2D eigenvalue weighted by molar-refractivity contribution is -0.120. The molecule has 0 aromatic carbocycles. The topological polar surface area (TPSA) is 44.4 Å². The van der Waals surface area contributed by atoms with Crippen LogP contribution in [0.5, 0.6) is 0 Å². The molecule has 0 atom stereocenters. The first-order chi connectivity index (χ1) is 6.02. The molecule has 0 saturated carbocycles. The summed E-state index contributed by atoms with van der Waals surface area (Å²) < 4.78 is 0. The molecule has 0 aliphatic carbocycles. The highest BCUT2D eigenvalue weighted by atomic mass is 16.1. The Morgan fingerprint density at radius 3 is 2.46 bits per heavy atom. The number of hydrogen-bond donors (Lipinski definition) is 2. The average Bonchev–Trinajstić information content (AvgIpc) is 1.96. The minimum Gasteiger partial charge on any atom is -0.353 e. The molecule has 0 saturated heterocycles. The first kappa shape index (κ1) is 12.4. The lowest BCUT2D eigenvalue weighted by Crippen LogP contribution is -2.39. The molecule has 4 nitrogen and oxygen atoms in total. The van der Waals surface area contributed by atoms with Gasteiger partial charge in [0.25, 0.3) is 0 Å². The fraction of sp³-hybridized carbons (Fsp3) is 0.889. The lowest BCUT2D eigenvalue weighted by atomic mass is 10.4. The highest BCUT2D eigenvalue weighted by molar-refractivity contribution is 5.78. The predicted molar refractivity (Wildman–Crippen MR) is 54.7 cm³/mol. The summed E-state index contributed by atoms with van der Waals surface area (Å²) >= 11 is 0. The van der Waals surface area contributed by atoms with Crippen molar-refractivity contribution in [2.45, 2.75) is 19.9 Å². The molecule has 4 heteroatoms. The zero-order valence-corrected chi connectivity index (χ0v) is 9.05. The van der Waals surface area contributed by atoms with Crippen LogP contribution in [0.1, 0.15) is 13.8 Å². The van der Waals surface area contributed by atoms with E-state index >= 15 is 0 Å². The number of hydrogen-bond acceptors (Lipinski definition) is 3. The molecule has 0 aliphatic rings. The summed E-state index contributed by atoms with van der Waals surface area (Å²) in [5, 5.41) is 5.88. The first-order valence-electron chi connectivity index (χ1n) is 4.67. The molecule has 0 radical (unpaired) electrons. The molecule has 0 aliphatic heterocycles. The van der Waals surface area contributed by atoms with E-state index < -0.39 is 0 Å². The number of carbonyl (C=O) groups excluding carboxylic acids is 1. The van der Waals surface area contributed by atoms with E-state index in [-0.39, 0.29) is 11.9 Å². The number of amides is 1. The molecular weight excluding hydrogens is 166 g/mol. The van der Waals surface area contributed by atoms with Crippen molar-refractivity contribution in [3.05, 3.63) is 0 Å². The van der Waals surface area contributed by atoms with Crippen molar-refractivity contribution in [2.75, 3.05) is 33.7 Å². The summed E-state index contributed by atoms with van der Waals surface area (Å²) in [6.45, 7) is 6.12. The van der Waals surface area contributed by atoms with Gasteiger partial charge in [-0.2, -0.15) is 0 Å². The molecule has 78 valence electrons. The van der Waals surface area contributed by atoms with Gasteiger partial charge in [-0.25, -0.2) is 0 Å². The highest BCUT2D eigenvalue weighted by Crippen LogP contribution is 1.76. The van der Waals surface area contributed by atoms with Gasteiger partial charge in [0.2, 0.25) is 5.91 Å². The summed E-state index contributed by atoms with van der Waals surface area (Å²) in [6.07, 6.45) is 0. The third-order valence-corrected chi connectivity index (χ3v) is 1.47. The molecule has 0 unspecified atom stereocenters. The largest absolute Gasteiger partial charge is 0.353 e. The summed E-state index contributed by atoms with van der Waals surface area (Å²) in [4.78, 5) is 13.2. The van der Waals surface area contributed by atoms with Crippen molar-refractivity contribution in [3.8, 4) is 0 Å². The second-order valence-electron chi connectivity index (χ2n) is 3.70. The smallest absolute Gasteiger partial charge is 0.234 e. The molecule has 0 heterocycles. The number of nitrogens with zero attached hydrogens (tertiary/aromatic N) is 1. The van der Waals surface area contributed by atoms with Gasteiger partial charge in [-0.15, -0.1) is 0 Å². The van der Waals surface area contributed by atoms with E-state index in [1.807, 2.05) is 27.9 Å². The van der Waals surface area contributed by atoms with Crippen LogP contribution in [0.25, 0.3) is 0 Å². The Morgan fingerprint density at radius 2 is 2.00 bits per heavy atom. The standard InChI is InChI=1S/C9H21N3O/c1-8(2)11-9(13)7-10-5-6-12(3)4/h8,10H,5-7H2,1-4H3,(H,11,13). The van der Waals surface area contributed by atoms with E-state index in [0.29, 0.717) is 6.54 Å². The Labute approximate surface area is 80.7 Å². The van der Waals surface area contributed by atoms with E-state index in [4.69, 9.17) is 0 Å². The van der Waals surface area contributed by atoms with Gasteiger partial charge in [0, 0.05) is 19.1 Å². The van der Waals surface area contributed by atoms with Crippen LogP contribution in [0.15, 0.2) is 0 Å². The third-order valence-electron chi connectivity index (χ3n) is 1.47. The van der Waals surface area contributed by atoms with Crippen LogP contribution in [-0.2, 0) is 4.79 Å². The zero-order chi connectivity index (χ0) is 10.3. The first-order valence-corrected chi connectivity index (χ1v) is 4.67. The molecule has 0 aromatic heterocycles. The summed E-state index contributed by atoms with van der Waals surface area (Å²) in [7, 11) is 4.02. The van der Waals surface area contributed by atoms with Crippen molar-refractivity contribution < 1.29 is 4.79 Å². The highest BCUT2D eigenvalue weighted by Gasteiger charge is 2.01. The molecular formula is C9H21N3O. The van der Waals surface area contributed by atoms with Crippen LogP contribution in [0, 0.1) is 0 Å². The van der Waals surface area contributed by atoms with E-state index in [2.05, 4.69) is 15.5 Å². The van der Waals surface area contributed by atoms with Crippen LogP contribution >= 0.6 is 0 Å². The number of carbonyl (C=O) groups is 1. The van der Waals surface area contributed by atoms with Gasteiger partial charge in [-0.3, -0.25) is 4.79 Å². The normalized spacial score (nSPS) is 10.9. The average molecular weight is 187 g/mol. The quantitative estimate of drug-likeness (QED) is 0.559. The summed E-state index contributed by atoms with van der Waals surface area (Å²) in [5.74, 6) is 0.0637. The maximum absolute atomic E-state index is 11.1. The van der Waals surface area contributed by atoms with E-state index in [1.54, 1.807) is 0 Å². The minimum atomic E-state index is 0.0637. The minimum absolute atomic E-state index is 0.0637. The molecule has 0 fully saturated rings. The summed E-state index contributed by atoms with van der Waals surface area (Å²) in [6, 6.07) is 0.225. The van der Waals surface area contributed by atoms with Gasteiger partial charge >= 0.3 is 0 Å². The fourth-order valence-corrected chi connectivity index (χ4v) is 0.878. The van der Waals surface area contributed by atoms with Crippen LogP contribution in [0.4, 0.5) is 0 Å². The monoisotopic (exact) mass is 187 g/mol. The maximum atomic E-state index is 11.1. The molecule has 1 amide bonds. The lowest BCUT2D eigenvalue weighted by Gasteiger charge is -2.11. The van der Waals surface area contributed by atoms with Crippen LogP contribution in [0.2, 0.25) is 0 Å². The third kappa shape index (κ3) is 9.30. The van der Waals surface area contributed by atoms with E-state index in [0.717, 1.165) is 13.1 Å². The van der Waals surface area contributed by atoms with Gasteiger partial charge in [0.1, 0.15) is 0 Å². The Bertz CT molecular complexity index is 146. The Kier molecular flexibility index (Phi) is 6.54. The van der Waals surface area contributed by atoms with Crippen LogP contribution in [-0.4, -0.2) is 50.6 Å². The van der Waals surface area contributed by atoms with Gasteiger partial charge < -0.3 is 15.5 Å². The Morgan fingerprint density at radius 1 is 1.38 bits per heavy atom. The Hall–Kier alpha value is -0.610. The molecule has 0 bridgehead atoms. The van der Waals surface area contributed by atoms with Crippen molar-refractivity contribution in [2.24, 2.45) is 0 Å². The number of nitrogens with one attached hydrogen (secondary N) is 2. The van der Waals surface area contributed by atoms with Crippen molar-refractivity contribution in [1.29, 1.82) is 0 Å². The van der Waals surface area contributed by atoms with Gasteiger partial charge in [0.05, 0.1) is 6.54 Å². The maximum Gasteiger partial charge on any atom is 0.234 e. The summed E-state index contributed by atoms with van der Waals surface area (Å²) in [5.41, 5.74) is 0. The zero-order valence-electron chi connectivity index (χ0n) is 9.05.